The number of halogens is 1. The molecular formula is C39H51Br. The van der Waals surface area contributed by atoms with Gasteiger partial charge in [-0.05, 0) is 77.8 Å². The van der Waals surface area contributed by atoms with Crippen molar-refractivity contribution in [2.24, 2.45) is 0 Å². The van der Waals surface area contributed by atoms with Gasteiger partial charge in [-0.3, -0.25) is 0 Å². The van der Waals surface area contributed by atoms with Crippen molar-refractivity contribution < 1.29 is 0 Å². The van der Waals surface area contributed by atoms with Crippen molar-refractivity contribution >= 4 is 40.2 Å². The molecule has 0 amide bonds. The smallest absolute Gasteiger partial charge is 0.0283 e. The Bertz CT molecular complexity index is 1220. The van der Waals surface area contributed by atoms with E-state index in [1.165, 1.54) is 50.1 Å². The van der Waals surface area contributed by atoms with Gasteiger partial charge in [-0.1, -0.05) is 172 Å². The molecule has 0 saturated carbocycles. The predicted octanol–water partition coefficient (Wildman–Crippen LogP) is 12.1. The predicted molar refractivity (Wildman–Crippen MR) is 185 cm³/mol. The molecule has 3 aromatic carbocycles. The first-order chi connectivity index (χ1) is 18.3. The van der Waals surface area contributed by atoms with Crippen molar-refractivity contribution in [2.45, 2.75) is 110 Å². The van der Waals surface area contributed by atoms with Gasteiger partial charge in [0.15, 0.2) is 0 Å². The molecule has 0 aliphatic rings. The van der Waals surface area contributed by atoms with Gasteiger partial charge in [-0.15, -0.1) is 0 Å². The van der Waals surface area contributed by atoms with Crippen LogP contribution in [0.4, 0.5) is 0 Å². The first-order valence-corrected chi connectivity index (χ1v) is 15.8. The highest BCUT2D eigenvalue weighted by atomic mass is 79.9. The third-order valence-electron chi connectivity index (χ3n) is 7.50. The fourth-order valence-electron chi connectivity index (χ4n) is 4.63. The Morgan fingerprint density at radius 2 is 0.650 bits per heavy atom. The largest absolute Gasteiger partial charge is 0.0876 e. The Hall–Kier alpha value is -2.38. The molecular weight excluding hydrogens is 548 g/mol. The lowest BCUT2D eigenvalue weighted by molar-refractivity contribution is 0.568. The minimum Gasteiger partial charge on any atom is -0.0876 e. The van der Waals surface area contributed by atoms with Gasteiger partial charge < -0.3 is 0 Å². The minimum atomic E-state index is 0.106. The van der Waals surface area contributed by atoms with Crippen LogP contribution in [0, 0.1) is 0 Å². The van der Waals surface area contributed by atoms with E-state index in [4.69, 9.17) is 0 Å². The van der Waals surface area contributed by atoms with Crippen molar-refractivity contribution in [3.8, 4) is 0 Å². The van der Waals surface area contributed by atoms with Crippen LogP contribution in [0.5, 0.6) is 0 Å². The summed E-state index contributed by atoms with van der Waals surface area (Å²) < 4.78 is 0. The summed E-state index contributed by atoms with van der Waals surface area (Å²) in [6.07, 6.45) is 9.06. The summed E-state index contributed by atoms with van der Waals surface area (Å²) in [6, 6.07) is 21.0. The molecule has 0 heterocycles. The molecule has 0 aliphatic heterocycles. The van der Waals surface area contributed by atoms with Crippen LogP contribution in [-0.2, 0) is 27.0 Å². The molecule has 0 fully saturated rings. The average Bonchev–Trinajstić information content (AvgIpc) is 2.83. The summed E-state index contributed by atoms with van der Waals surface area (Å²) in [7, 11) is 0. The van der Waals surface area contributed by atoms with E-state index in [2.05, 4.69) is 178 Å². The molecule has 0 saturated heterocycles. The first-order valence-electron chi connectivity index (χ1n) is 14.6. The van der Waals surface area contributed by atoms with Crippen molar-refractivity contribution in [3.63, 3.8) is 0 Å². The van der Waals surface area contributed by atoms with E-state index in [0.29, 0.717) is 0 Å². The summed E-state index contributed by atoms with van der Waals surface area (Å²) >= 11 is 3.70. The van der Waals surface area contributed by atoms with Crippen LogP contribution in [-0.4, -0.2) is 0 Å². The van der Waals surface area contributed by atoms with Gasteiger partial charge in [0.1, 0.15) is 0 Å². The summed E-state index contributed by atoms with van der Waals surface area (Å²) in [5, 5.41) is 0.830. The third-order valence-corrected chi connectivity index (χ3v) is 8.15. The zero-order valence-electron chi connectivity index (χ0n) is 27.1. The fraction of sp³-hybridized carbons (Fsp3) is 0.436. The van der Waals surface area contributed by atoms with E-state index in [1.807, 2.05) is 0 Å². The van der Waals surface area contributed by atoms with Gasteiger partial charge in [0.05, 0.1) is 0 Å². The number of benzene rings is 3. The van der Waals surface area contributed by atoms with Gasteiger partial charge in [-0.2, -0.15) is 0 Å². The summed E-state index contributed by atoms with van der Waals surface area (Å²) in [6.45, 7) is 27.5. The molecule has 40 heavy (non-hydrogen) atoms. The highest BCUT2D eigenvalue weighted by Crippen LogP contribution is 2.32. The Balaban J connectivity index is 2.01. The van der Waals surface area contributed by atoms with E-state index >= 15 is 0 Å². The molecule has 1 heteroatoms. The molecule has 214 valence electrons. The molecule has 3 aromatic rings. The summed E-state index contributed by atoms with van der Waals surface area (Å²) in [4.78, 5) is 0. The van der Waals surface area contributed by atoms with Crippen molar-refractivity contribution in [1.29, 1.82) is 0 Å². The van der Waals surface area contributed by atoms with Crippen LogP contribution in [0.1, 0.15) is 133 Å². The molecule has 0 aliphatic carbocycles. The standard InChI is InChI=1S/C39H51Br/c1-36(2,3)32-20-29(21-33(24-32)37(4,5)6)15-13-27-17-28(19-31(18-27)26-40)14-16-30-22-34(38(7,8)9)25-35(23-30)39(10,11)12/h13-25H,26H2,1-12H3. The Morgan fingerprint density at radius 3 is 0.875 bits per heavy atom. The minimum absolute atomic E-state index is 0.106. The summed E-state index contributed by atoms with van der Waals surface area (Å²) in [5.41, 5.74) is 12.2. The Kier molecular flexibility index (Phi) is 9.52. The van der Waals surface area contributed by atoms with E-state index in [0.717, 1.165) is 5.33 Å². The summed E-state index contributed by atoms with van der Waals surface area (Å²) in [5.74, 6) is 0. The van der Waals surface area contributed by atoms with E-state index in [1.54, 1.807) is 0 Å². The van der Waals surface area contributed by atoms with Crippen LogP contribution >= 0.6 is 15.9 Å². The van der Waals surface area contributed by atoms with Crippen molar-refractivity contribution in [2.75, 3.05) is 0 Å². The van der Waals surface area contributed by atoms with Gasteiger partial charge in [-0.25, -0.2) is 0 Å². The average molecular weight is 600 g/mol. The zero-order valence-corrected chi connectivity index (χ0v) is 28.7. The number of rotatable bonds is 5. The van der Waals surface area contributed by atoms with Gasteiger partial charge >= 0.3 is 0 Å². The Labute approximate surface area is 254 Å². The Morgan fingerprint density at radius 1 is 0.400 bits per heavy atom. The SMILES string of the molecule is CC(C)(C)c1cc(C=Cc2cc(C=Cc3cc(C(C)(C)C)cc(C(C)(C)C)c3)cc(CBr)c2)cc(C(C)(C)C)c1. The van der Waals surface area contributed by atoms with Crippen LogP contribution in [0.15, 0.2) is 54.6 Å². The maximum Gasteiger partial charge on any atom is 0.0283 e. The lowest BCUT2D eigenvalue weighted by Crippen LogP contribution is -2.16. The molecule has 0 N–H and O–H groups in total. The van der Waals surface area contributed by atoms with Crippen LogP contribution in [0.3, 0.4) is 0 Å². The maximum atomic E-state index is 3.70. The van der Waals surface area contributed by atoms with Crippen LogP contribution in [0.25, 0.3) is 24.3 Å². The second-order valence-electron chi connectivity index (χ2n) is 15.5. The molecule has 0 spiro atoms. The zero-order chi connectivity index (χ0) is 30.1. The van der Waals surface area contributed by atoms with Crippen molar-refractivity contribution in [1.82, 2.24) is 0 Å². The van der Waals surface area contributed by atoms with E-state index in [9.17, 15) is 0 Å². The van der Waals surface area contributed by atoms with Gasteiger partial charge in [0, 0.05) is 5.33 Å². The molecule has 0 aromatic heterocycles. The normalized spacial score (nSPS) is 13.5. The molecule has 0 bridgehead atoms. The second kappa shape index (κ2) is 11.8. The van der Waals surface area contributed by atoms with E-state index in [-0.39, 0.29) is 21.7 Å². The third kappa shape index (κ3) is 8.81. The fourth-order valence-corrected chi connectivity index (χ4v) is 4.95. The molecule has 3 rings (SSSR count). The molecule has 0 atom stereocenters. The quantitative estimate of drug-likeness (QED) is 0.202. The molecule has 0 nitrogen and oxygen atoms in total. The molecule has 0 unspecified atom stereocenters. The highest BCUT2D eigenvalue weighted by molar-refractivity contribution is 9.08. The molecule has 0 radical (unpaired) electrons. The van der Waals surface area contributed by atoms with Crippen LogP contribution < -0.4 is 0 Å². The van der Waals surface area contributed by atoms with Crippen LogP contribution in [0.2, 0.25) is 0 Å². The lowest BCUT2D eigenvalue weighted by Gasteiger charge is -2.25. The maximum absolute atomic E-state index is 3.70. The number of hydrogen-bond donors (Lipinski definition) is 0. The van der Waals surface area contributed by atoms with Gasteiger partial charge in [0.2, 0.25) is 0 Å². The van der Waals surface area contributed by atoms with E-state index < -0.39 is 0 Å². The first kappa shape index (κ1) is 32.1. The highest BCUT2D eigenvalue weighted by Gasteiger charge is 2.21. The monoisotopic (exact) mass is 598 g/mol. The number of hydrogen-bond acceptors (Lipinski definition) is 0. The van der Waals surface area contributed by atoms with Crippen molar-refractivity contribution in [3.05, 3.63) is 105 Å². The topological polar surface area (TPSA) is 0 Å². The second-order valence-corrected chi connectivity index (χ2v) is 16.1. The number of alkyl halides is 1. The lowest BCUT2D eigenvalue weighted by atomic mass is 9.79. The van der Waals surface area contributed by atoms with Gasteiger partial charge in [0.25, 0.3) is 0 Å².